The minimum Gasteiger partial charge on any atom is -0.443 e. The van der Waals surface area contributed by atoms with E-state index in [0.717, 1.165) is 36.0 Å². The van der Waals surface area contributed by atoms with E-state index in [9.17, 15) is 4.79 Å². The number of amides is 1. The Morgan fingerprint density at radius 3 is 2.56 bits per heavy atom. The molecule has 2 aliphatic rings. The van der Waals surface area contributed by atoms with Crippen LogP contribution >= 0.6 is 0 Å². The van der Waals surface area contributed by atoms with Gasteiger partial charge in [-0.15, -0.1) is 0 Å². The molecule has 2 heterocycles. The van der Waals surface area contributed by atoms with Crippen molar-refractivity contribution in [2.75, 3.05) is 11.4 Å². The summed E-state index contributed by atoms with van der Waals surface area (Å²) in [5.41, 5.74) is 1.89. The smallest absolute Gasteiger partial charge is 0.443 e. The lowest BCUT2D eigenvalue weighted by atomic mass is 9.77. The summed E-state index contributed by atoms with van der Waals surface area (Å²) in [6.07, 6.45) is 2.45. The molecule has 2 aliphatic heterocycles. The van der Waals surface area contributed by atoms with Crippen LogP contribution in [0.3, 0.4) is 0 Å². The summed E-state index contributed by atoms with van der Waals surface area (Å²) in [6.45, 7) is 14.7. The van der Waals surface area contributed by atoms with Gasteiger partial charge in [-0.2, -0.15) is 0 Å². The molecule has 0 radical (unpaired) electrons. The summed E-state index contributed by atoms with van der Waals surface area (Å²) >= 11 is 0. The highest BCUT2D eigenvalue weighted by atomic mass is 16.7. The first-order chi connectivity index (χ1) is 12.5. The highest BCUT2D eigenvalue weighted by molar-refractivity contribution is 6.62. The van der Waals surface area contributed by atoms with E-state index in [-0.39, 0.29) is 24.4 Å². The van der Waals surface area contributed by atoms with Crippen LogP contribution in [0.15, 0.2) is 18.2 Å². The number of rotatable bonds is 2. The van der Waals surface area contributed by atoms with E-state index < -0.39 is 5.60 Å². The van der Waals surface area contributed by atoms with Gasteiger partial charge in [0.1, 0.15) is 5.60 Å². The molecule has 0 saturated carbocycles. The fourth-order valence-corrected chi connectivity index (χ4v) is 3.71. The third kappa shape index (κ3) is 3.88. The molecule has 1 fully saturated rings. The number of aryl methyl sites for hydroxylation is 1. The summed E-state index contributed by atoms with van der Waals surface area (Å²) in [5.74, 6) is 0. The second-order valence-electron chi connectivity index (χ2n) is 9.29. The Bertz CT molecular complexity index is 727. The quantitative estimate of drug-likeness (QED) is 0.734. The molecule has 1 aromatic rings. The van der Waals surface area contributed by atoms with Crippen LogP contribution < -0.4 is 10.4 Å². The molecule has 1 saturated heterocycles. The predicted molar refractivity (Wildman–Crippen MR) is 109 cm³/mol. The normalized spacial score (nSPS) is 24.7. The molecule has 1 amide bonds. The molecule has 0 aromatic heterocycles. The van der Waals surface area contributed by atoms with E-state index in [1.165, 1.54) is 0 Å². The summed E-state index contributed by atoms with van der Waals surface area (Å²) in [7, 11) is -0.382. The molecule has 0 N–H and O–H groups in total. The molecular weight excluding hydrogens is 341 g/mol. The van der Waals surface area contributed by atoms with Gasteiger partial charge in [-0.1, -0.05) is 19.1 Å². The number of benzene rings is 1. The summed E-state index contributed by atoms with van der Waals surface area (Å²) in [6, 6.07) is 6.12. The number of carbonyl (C=O) groups is 1. The SMILES string of the molecule is CCC1(C)OB(c2ccc3c(c2)CCCN3C(=O)OC(C)(C)C)OC1(C)C. The first-order valence-electron chi connectivity index (χ1n) is 9.95. The Labute approximate surface area is 163 Å². The lowest BCUT2D eigenvalue weighted by Crippen LogP contribution is -2.44. The van der Waals surface area contributed by atoms with Crippen molar-refractivity contribution in [3.05, 3.63) is 23.8 Å². The number of fused-ring (bicyclic) bond motifs is 1. The number of carbonyl (C=O) groups excluding carboxylic acids is 1. The Morgan fingerprint density at radius 2 is 1.96 bits per heavy atom. The molecule has 148 valence electrons. The Hall–Kier alpha value is -1.53. The van der Waals surface area contributed by atoms with Crippen LogP contribution in [-0.2, 0) is 20.5 Å². The maximum absolute atomic E-state index is 12.6. The van der Waals surface area contributed by atoms with Crippen molar-refractivity contribution in [2.45, 2.75) is 84.5 Å². The van der Waals surface area contributed by atoms with Crippen molar-refractivity contribution in [1.82, 2.24) is 0 Å². The first-order valence-corrected chi connectivity index (χ1v) is 9.95. The Balaban J connectivity index is 1.84. The van der Waals surface area contributed by atoms with Crippen LogP contribution in [0, 0.1) is 0 Å². The highest BCUT2D eigenvalue weighted by Crippen LogP contribution is 2.39. The number of hydrogen-bond donors (Lipinski definition) is 0. The number of anilines is 1. The average Bonchev–Trinajstić information content (AvgIpc) is 2.82. The molecule has 3 rings (SSSR count). The van der Waals surface area contributed by atoms with Gasteiger partial charge in [0.25, 0.3) is 0 Å². The van der Waals surface area contributed by atoms with Gasteiger partial charge in [0.2, 0.25) is 0 Å². The predicted octanol–water partition coefficient (Wildman–Crippen LogP) is 4.06. The van der Waals surface area contributed by atoms with Crippen LogP contribution in [0.2, 0.25) is 0 Å². The molecule has 6 heteroatoms. The van der Waals surface area contributed by atoms with E-state index >= 15 is 0 Å². The van der Waals surface area contributed by atoms with Crippen LogP contribution in [-0.4, -0.2) is 36.6 Å². The molecule has 1 aromatic carbocycles. The topological polar surface area (TPSA) is 48.0 Å². The van der Waals surface area contributed by atoms with Gasteiger partial charge in [0.05, 0.1) is 16.9 Å². The van der Waals surface area contributed by atoms with Crippen molar-refractivity contribution in [3.63, 3.8) is 0 Å². The number of hydrogen-bond acceptors (Lipinski definition) is 4. The largest absolute Gasteiger partial charge is 0.494 e. The van der Waals surface area contributed by atoms with Crippen LogP contribution in [0.4, 0.5) is 10.5 Å². The Kier molecular flexibility index (Phi) is 5.11. The molecule has 27 heavy (non-hydrogen) atoms. The van der Waals surface area contributed by atoms with Gasteiger partial charge < -0.3 is 14.0 Å². The van der Waals surface area contributed by atoms with E-state index in [1.54, 1.807) is 4.90 Å². The highest BCUT2D eigenvalue weighted by Gasteiger charge is 2.53. The fraction of sp³-hybridized carbons (Fsp3) is 0.667. The Morgan fingerprint density at radius 1 is 1.26 bits per heavy atom. The molecular formula is C21H32BNO4. The van der Waals surface area contributed by atoms with Crippen molar-refractivity contribution in [2.24, 2.45) is 0 Å². The van der Waals surface area contributed by atoms with Gasteiger partial charge in [0.15, 0.2) is 0 Å². The zero-order valence-electron chi connectivity index (χ0n) is 17.7. The number of nitrogens with zero attached hydrogens (tertiary/aromatic N) is 1. The summed E-state index contributed by atoms with van der Waals surface area (Å²) in [4.78, 5) is 14.3. The lowest BCUT2D eigenvalue weighted by Gasteiger charge is -2.35. The van der Waals surface area contributed by atoms with Crippen LogP contribution in [0.5, 0.6) is 0 Å². The monoisotopic (exact) mass is 373 g/mol. The van der Waals surface area contributed by atoms with Gasteiger partial charge in [0, 0.05) is 6.54 Å². The zero-order valence-corrected chi connectivity index (χ0v) is 17.7. The lowest BCUT2D eigenvalue weighted by molar-refractivity contribution is -0.0118. The third-order valence-corrected chi connectivity index (χ3v) is 5.83. The van der Waals surface area contributed by atoms with E-state index in [2.05, 4.69) is 33.8 Å². The van der Waals surface area contributed by atoms with Crippen molar-refractivity contribution < 1.29 is 18.8 Å². The number of ether oxygens (including phenoxy) is 1. The van der Waals surface area contributed by atoms with E-state index in [0.29, 0.717) is 6.54 Å². The first kappa shape index (κ1) is 20.2. The standard InChI is InChI=1S/C21H32BNO4/c1-8-21(7)20(5,6)26-22(27-21)16-11-12-17-15(14-16)10-9-13-23(17)18(24)25-19(2,3)4/h11-12,14H,8-10,13H2,1-7H3. The van der Waals surface area contributed by atoms with Crippen molar-refractivity contribution in [1.29, 1.82) is 0 Å². The molecule has 5 nitrogen and oxygen atoms in total. The van der Waals surface area contributed by atoms with Gasteiger partial charge in [-0.3, -0.25) is 4.90 Å². The van der Waals surface area contributed by atoms with Gasteiger partial charge in [-0.25, -0.2) is 4.79 Å². The summed E-state index contributed by atoms with van der Waals surface area (Å²) < 4.78 is 18.1. The minimum atomic E-state index is -0.504. The molecule has 0 spiro atoms. The van der Waals surface area contributed by atoms with Gasteiger partial charge >= 0.3 is 13.2 Å². The van der Waals surface area contributed by atoms with Crippen molar-refractivity contribution >= 4 is 24.4 Å². The zero-order chi connectivity index (χ0) is 20.0. The second-order valence-corrected chi connectivity index (χ2v) is 9.29. The summed E-state index contributed by atoms with van der Waals surface area (Å²) in [5, 5.41) is 0. The molecule has 0 bridgehead atoms. The van der Waals surface area contributed by atoms with Crippen LogP contribution in [0.1, 0.15) is 66.9 Å². The maximum atomic E-state index is 12.6. The van der Waals surface area contributed by atoms with E-state index in [4.69, 9.17) is 14.0 Å². The van der Waals surface area contributed by atoms with Crippen molar-refractivity contribution in [3.8, 4) is 0 Å². The molecule has 0 aliphatic carbocycles. The maximum Gasteiger partial charge on any atom is 0.494 e. The molecule has 1 atom stereocenters. The van der Waals surface area contributed by atoms with E-state index in [1.807, 2.05) is 32.9 Å². The minimum absolute atomic E-state index is 0.288. The fourth-order valence-electron chi connectivity index (χ4n) is 3.71. The van der Waals surface area contributed by atoms with Crippen LogP contribution in [0.25, 0.3) is 0 Å². The third-order valence-electron chi connectivity index (χ3n) is 5.83. The second kappa shape index (κ2) is 6.82. The average molecular weight is 373 g/mol. The van der Waals surface area contributed by atoms with Gasteiger partial charge in [-0.05, 0) is 77.9 Å². The molecule has 1 unspecified atom stereocenters.